The van der Waals surface area contributed by atoms with Crippen molar-refractivity contribution in [1.82, 2.24) is 20.5 Å². The molecular weight excluding hydrogens is 311 g/mol. The third-order valence-electron chi connectivity index (χ3n) is 2.92. The Morgan fingerprint density at radius 3 is 2.86 bits per heavy atom. The molecule has 0 aliphatic heterocycles. The first-order valence-electron chi connectivity index (χ1n) is 6.73. The number of amides is 1. The molecule has 1 aromatic heterocycles. The molecule has 2 rings (SSSR count). The van der Waals surface area contributed by atoms with Crippen LogP contribution in [0.1, 0.15) is 35.4 Å². The minimum Gasteiger partial charge on any atom is -0.349 e. The minimum atomic E-state index is -0.293. The zero-order valence-corrected chi connectivity index (χ0v) is 13.1. The fourth-order valence-electron chi connectivity index (χ4n) is 1.86. The van der Waals surface area contributed by atoms with E-state index in [1.165, 1.54) is 0 Å². The zero-order chi connectivity index (χ0) is 15.2. The van der Waals surface area contributed by atoms with Gasteiger partial charge in [-0.2, -0.15) is 0 Å². The van der Waals surface area contributed by atoms with Gasteiger partial charge in [0.2, 0.25) is 5.82 Å². The van der Waals surface area contributed by atoms with Gasteiger partial charge in [0.15, 0.2) is 0 Å². The normalized spacial score (nSPS) is 10.6. The number of H-pyrrole nitrogens is 1. The SMILES string of the molecule is CCCc1nc(C(=O)NCCc2ccc(Cl)cc2Cl)n[nH]1. The van der Waals surface area contributed by atoms with E-state index < -0.39 is 0 Å². The van der Waals surface area contributed by atoms with E-state index in [-0.39, 0.29) is 11.7 Å². The first-order chi connectivity index (χ1) is 10.1. The van der Waals surface area contributed by atoms with Gasteiger partial charge in [-0.3, -0.25) is 9.89 Å². The van der Waals surface area contributed by atoms with Crippen LogP contribution >= 0.6 is 23.2 Å². The van der Waals surface area contributed by atoms with Gasteiger partial charge in [-0.05, 0) is 30.5 Å². The summed E-state index contributed by atoms with van der Waals surface area (Å²) in [6.07, 6.45) is 2.35. The summed E-state index contributed by atoms with van der Waals surface area (Å²) in [5, 5.41) is 10.6. The topological polar surface area (TPSA) is 70.7 Å². The molecule has 0 unspecified atom stereocenters. The summed E-state index contributed by atoms with van der Waals surface area (Å²) in [4.78, 5) is 16.0. The molecule has 112 valence electrons. The average molecular weight is 327 g/mol. The van der Waals surface area contributed by atoms with E-state index in [1.54, 1.807) is 12.1 Å². The van der Waals surface area contributed by atoms with Crippen LogP contribution in [-0.4, -0.2) is 27.6 Å². The average Bonchev–Trinajstić information content (AvgIpc) is 2.90. The molecular formula is C14H16Cl2N4O. The molecule has 0 saturated heterocycles. The largest absolute Gasteiger partial charge is 0.349 e. The van der Waals surface area contributed by atoms with Crippen molar-refractivity contribution < 1.29 is 4.79 Å². The summed E-state index contributed by atoms with van der Waals surface area (Å²) in [6, 6.07) is 5.31. The summed E-state index contributed by atoms with van der Waals surface area (Å²) in [7, 11) is 0. The summed E-state index contributed by atoms with van der Waals surface area (Å²) >= 11 is 11.9. The Morgan fingerprint density at radius 2 is 2.14 bits per heavy atom. The van der Waals surface area contributed by atoms with Gasteiger partial charge in [0.25, 0.3) is 5.91 Å². The highest BCUT2D eigenvalue weighted by molar-refractivity contribution is 6.35. The van der Waals surface area contributed by atoms with Gasteiger partial charge in [0, 0.05) is 23.0 Å². The molecule has 5 nitrogen and oxygen atoms in total. The number of carbonyl (C=O) groups excluding carboxylic acids is 1. The Hall–Kier alpha value is -1.59. The Bertz CT molecular complexity index is 627. The number of carbonyl (C=O) groups is 1. The second kappa shape index (κ2) is 7.43. The highest BCUT2D eigenvalue weighted by Gasteiger charge is 2.11. The fraction of sp³-hybridized carbons (Fsp3) is 0.357. The first-order valence-corrected chi connectivity index (χ1v) is 7.49. The number of hydrogen-bond acceptors (Lipinski definition) is 3. The number of halogens is 2. The quantitative estimate of drug-likeness (QED) is 0.857. The van der Waals surface area contributed by atoms with Gasteiger partial charge < -0.3 is 5.32 Å². The van der Waals surface area contributed by atoms with Gasteiger partial charge in [-0.15, -0.1) is 5.10 Å². The highest BCUT2D eigenvalue weighted by atomic mass is 35.5. The Morgan fingerprint density at radius 1 is 1.33 bits per heavy atom. The van der Waals surface area contributed by atoms with E-state index in [2.05, 4.69) is 20.5 Å². The zero-order valence-electron chi connectivity index (χ0n) is 11.6. The molecule has 0 aliphatic rings. The number of rotatable bonds is 6. The van der Waals surface area contributed by atoms with Gasteiger partial charge in [0.05, 0.1) is 0 Å². The van der Waals surface area contributed by atoms with Crippen molar-refractivity contribution in [2.75, 3.05) is 6.54 Å². The second-order valence-corrected chi connectivity index (χ2v) is 5.44. The number of benzene rings is 1. The molecule has 1 heterocycles. The van der Waals surface area contributed by atoms with E-state index in [4.69, 9.17) is 23.2 Å². The van der Waals surface area contributed by atoms with Crippen LogP contribution in [0.3, 0.4) is 0 Å². The molecule has 0 spiro atoms. The first kappa shape index (κ1) is 15.8. The second-order valence-electron chi connectivity index (χ2n) is 4.60. The van der Waals surface area contributed by atoms with Crippen LogP contribution in [0.2, 0.25) is 10.0 Å². The number of nitrogens with one attached hydrogen (secondary N) is 2. The standard InChI is InChI=1S/C14H16Cl2N4O/c1-2-3-12-18-13(20-19-12)14(21)17-7-6-9-4-5-10(15)8-11(9)16/h4-5,8H,2-3,6-7H2,1H3,(H,17,21)(H,18,19,20). The maximum atomic E-state index is 11.9. The Labute approximate surface area is 133 Å². The lowest BCUT2D eigenvalue weighted by molar-refractivity contribution is 0.0944. The van der Waals surface area contributed by atoms with Crippen molar-refractivity contribution in [3.8, 4) is 0 Å². The van der Waals surface area contributed by atoms with Crippen LogP contribution in [0.15, 0.2) is 18.2 Å². The summed E-state index contributed by atoms with van der Waals surface area (Å²) in [5.41, 5.74) is 0.933. The van der Waals surface area contributed by atoms with Crippen LogP contribution in [0.25, 0.3) is 0 Å². The summed E-state index contributed by atoms with van der Waals surface area (Å²) < 4.78 is 0. The van der Waals surface area contributed by atoms with Gasteiger partial charge in [-0.1, -0.05) is 36.2 Å². The highest BCUT2D eigenvalue weighted by Crippen LogP contribution is 2.21. The van der Waals surface area contributed by atoms with Crippen LogP contribution in [0.4, 0.5) is 0 Å². The molecule has 7 heteroatoms. The van der Waals surface area contributed by atoms with Crippen LogP contribution in [-0.2, 0) is 12.8 Å². The Kier molecular flexibility index (Phi) is 5.59. The summed E-state index contributed by atoms with van der Waals surface area (Å²) in [6.45, 7) is 2.50. The maximum absolute atomic E-state index is 11.9. The minimum absolute atomic E-state index is 0.167. The third-order valence-corrected chi connectivity index (χ3v) is 3.50. The van der Waals surface area contributed by atoms with Crippen LogP contribution in [0, 0.1) is 0 Å². The molecule has 1 amide bonds. The van der Waals surface area contributed by atoms with E-state index in [1.807, 2.05) is 13.0 Å². The van der Waals surface area contributed by atoms with E-state index >= 15 is 0 Å². The number of aromatic nitrogens is 3. The molecule has 0 saturated carbocycles. The van der Waals surface area contributed by atoms with Crippen molar-refractivity contribution in [3.63, 3.8) is 0 Å². The molecule has 21 heavy (non-hydrogen) atoms. The van der Waals surface area contributed by atoms with Crippen molar-refractivity contribution in [2.24, 2.45) is 0 Å². The lowest BCUT2D eigenvalue weighted by atomic mass is 10.1. The molecule has 0 bridgehead atoms. The number of aryl methyl sites for hydroxylation is 1. The molecule has 1 aromatic carbocycles. The van der Waals surface area contributed by atoms with Crippen molar-refractivity contribution in [2.45, 2.75) is 26.2 Å². The number of nitrogens with zero attached hydrogens (tertiary/aromatic N) is 2. The predicted molar refractivity (Wildman–Crippen MR) is 82.9 cm³/mol. The van der Waals surface area contributed by atoms with E-state index in [0.29, 0.717) is 23.0 Å². The molecule has 2 N–H and O–H groups in total. The van der Waals surface area contributed by atoms with Gasteiger partial charge >= 0.3 is 0 Å². The van der Waals surface area contributed by atoms with Crippen molar-refractivity contribution in [1.29, 1.82) is 0 Å². The van der Waals surface area contributed by atoms with E-state index in [9.17, 15) is 4.79 Å². The van der Waals surface area contributed by atoms with Gasteiger partial charge in [-0.25, -0.2) is 4.98 Å². The van der Waals surface area contributed by atoms with E-state index in [0.717, 1.165) is 24.2 Å². The molecule has 0 aliphatic carbocycles. The van der Waals surface area contributed by atoms with Crippen molar-refractivity contribution >= 4 is 29.1 Å². The summed E-state index contributed by atoms with van der Waals surface area (Å²) in [5.74, 6) is 0.600. The predicted octanol–water partition coefficient (Wildman–Crippen LogP) is 3.04. The molecule has 2 aromatic rings. The molecule has 0 radical (unpaired) electrons. The fourth-order valence-corrected chi connectivity index (χ4v) is 2.36. The number of hydrogen-bond donors (Lipinski definition) is 2. The van der Waals surface area contributed by atoms with Gasteiger partial charge in [0.1, 0.15) is 5.82 Å². The van der Waals surface area contributed by atoms with Crippen molar-refractivity contribution in [3.05, 3.63) is 45.5 Å². The Balaban J connectivity index is 1.86. The smallest absolute Gasteiger partial charge is 0.290 e. The molecule has 0 atom stereocenters. The number of aromatic amines is 1. The third kappa shape index (κ3) is 4.44. The molecule has 0 fully saturated rings. The lowest BCUT2D eigenvalue weighted by Gasteiger charge is -2.05. The lowest BCUT2D eigenvalue weighted by Crippen LogP contribution is -2.26. The van der Waals surface area contributed by atoms with Crippen LogP contribution < -0.4 is 5.32 Å². The van der Waals surface area contributed by atoms with Crippen LogP contribution in [0.5, 0.6) is 0 Å². The maximum Gasteiger partial charge on any atom is 0.290 e. The monoisotopic (exact) mass is 326 g/mol.